The van der Waals surface area contributed by atoms with Crippen molar-refractivity contribution in [1.29, 1.82) is 0 Å². The Labute approximate surface area is 126 Å². The monoisotopic (exact) mass is 307 g/mol. The molecule has 0 radical (unpaired) electrons. The molecule has 2 heterocycles. The van der Waals surface area contributed by atoms with Gasteiger partial charge in [0.2, 0.25) is 0 Å². The predicted octanol–water partition coefficient (Wildman–Crippen LogP) is 1.99. The van der Waals surface area contributed by atoms with Crippen molar-refractivity contribution in [3.05, 3.63) is 44.6 Å². The molecule has 0 bridgehead atoms. The van der Waals surface area contributed by atoms with E-state index in [1.54, 1.807) is 12.1 Å². The maximum absolute atomic E-state index is 13.0. The molecular weight excluding hydrogens is 289 g/mol. The van der Waals surface area contributed by atoms with Crippen molar-refractivity contribution in [3.63, 3.8) is 0 Å². The number of rotatable bonds is 3. The zero-order chi connectivity index (χ0) is 14.8. The highest BCUT2D eigenvalue weighted by atomic mass is 32.1. The first-order valence-electron chi connectivity index (χ1n) is 7.00. The maximum Gasteiger partial charge on any atom is 0.305 e. The van der Waals surface area contributed by atoms with Crippen LogP contribution in [-0.4, -0.2) is 48.0 Å². The van der Waals surface area contributed by atoms with Crippen LogP contribution in [0.4, 0.5) is 4.39 Å². The minimum atomic E-state index is -0.267. The molecule has 1 N–H and O–H groups in total. The third-order valence-electron chi connectivity index (χ3n) is 3.82. The quantitative estimate of drug-likeness (QED) is 0.942. The Morgan fingerprint density at radius 1 is 1.19 bits per heavy atom. The van der Waals surface area contributed by atoms with E-state index in [2.05, 4.69) is 21.8 Å². The van der Waals surface area contributed by atoms with Gasteiger partial charge in [-0.2, -0.15) is 0 Å². The Morgan fingerprint density at radius 3 is 2.52 bits per heavy atom. The van der Waals surface area contributed by atoms with Crippen LogP contribution in [0.1, 0.15) is 4.88 Å². The zero-order valence-electron chi connectivity index (χ0n) is 11.9. The number of nitrogens with one attached hydrogen (secondary N) is 1. The van der Waals surface area contributed by atoms with Crippen molar-refractivity contribution in [2.45, 2.75) is 6.54 Å². The lowest BCUT2D eigenvalue weighted by Gasteiger charge is -2.32. The molecule has 112 valence electrons. The maximum atomic E-state index is 13.0. The van der Waals surface area contributed by atoms with Crippen molar-refractivity contribution >= 4 is 11.3 Å². The van der Waals surface area contributed by atoms with Crippen molar-refractivity contribution in [1.82, 2.24) is 14.8 Å². The van der Waals surface area contributed by atoms with E-state index in [1.165, 1.54) is 23.5 Å². The molecule has 6 heteroatoms. The van der Waals surface area contributed by atoms with Crippen molar-refractivity contribution in [2.24, 2.45) is 0 Å². The summed E-state index contributed by atoms with van der Waals surface area (Å²) in [5, 5.41) is 0. The Balaban J connectivity index is 1.82. The van der Waals surface area contributed by atoms with Gasteiger partial charge < -0.3 is 9.88 Å². The van der Waals surface area contributed by atoms with Crippen LogP contribution < -0.4 is 4.87 Å². The summed E-state index contributed by atoms with van der Waals surface area (Å²) < 4.78 is 13.0. The third-order valence-corrected chi connectivity index (χ3v) is 4.68. The van der Waals surface area contributed by atoms with Gasteiger partial charge in [0, 0.05) is 37.6 Å². The number of thiazole rings is 1. The first-order chi connectivity index (χ1) is 10.1. The van der Waals surface area contributed by atoms with Crippen LogP contribution in [0.5, 0.6) is 0 Å². The minimum absolute atomic E-state index is 0.0570. The van der Waals surface area contributed by atoms with Crippen LogP contribution in [0.3, 0.4) is 0 Å². The summed E-state index contributed by atoms with van der Waals surface area (Å²) in [7, 11) is 2.12. The van der Waals surface area contributed by atoms with Crippen molar-refractivity contribution in [3.8, 4) is 11.3 Å². The van der Waals surface area contributed by atoms with Gasteiger partial charge in [-0.1, -0.05) is 11.3 Å². The topological polar surface area (TPSA) is 39.3 Å². The molecule has 0 aliphatic carbocycles. The number of piperazine rings is 1. The fourth-order valence-corrected chi connectivity index (χ4v) is 3.43. The number of halogens is 1. The number of hydrogen-bond acceptors (Lipinski definition) is 4. The smallest absolute Gasteiger partial charge is 0.305 e. The van der Waals surface area contributed by atoms with Gasteiger partial charge >= 0.3 is 4.87 Å². The van der Waals surface area contributed by atoms with E-state index >= 15 is 0 Å². The molecule has 1 saturated heterocycles. The highest BCUT2D eigenvalue weighted by Gasteiger charge is 2.18. The van der Waals surface area contributed by atoms with Crippen LogP contribution in [0.25, 0.3) is 11.3 Å². The van der Waals surface area contributed by atoms with Gasteiger partial charge in [0.1, 0.15) is 5.82 Å². The second-order valence-corrected chi connectivity index (χ2v) is 6.47. The van der Waals surface area contributed by atoms with Crippen molar-refractivity contribution < 1.29 is 4.39 Å². The van der Waals surface area contributed by atoms with E-state index in [0.717, 1.165) is 48.9 Å². The molecule has 21 heavy (non-hydrogen) atoms. The largest absolute Gasteiger partial charge is 0.312 e. The van der Waals surface area contributed by atoms with Gasteiger partial charge in [-0.05, 0) is 36.9 Å². The molecule has 1 fully saturated rings. The molecule has 0 unspecified atom stereocenters. The molecule has 1 aromatic carbocycles. The number of H-pyrrole nitrogens is 1. The second-order valence-electron chi connectivity index (χ2n) is 5.40. The van der Waals surface area contributed by atoms with E-state index in [4.69, 9.17) is 0 Å². The summed E-state index contributed by atoms with van der Waals surface area (Å²) >= 11 is 1.25. The highest BCUT2D eigenvalue weighted by Crippen LogP contribution is 2.25. The molecule has 3 rings (SSSR count). The van der Waals surface area contributed by atoms with E-state index < -0.39 is 0 Å². The lowest BCUT2D eigenvalue weighted by atomic mass is 10.1. The lowest BCUT2D eigenvalue weighted by Crippen LogP contribution is -2.43. The Hall–Kier alpha value is -1.50. The molecule has 2 aromatic rings. The molecule has 1 aliphatic rings. The molecule has 1 aliphatic heterocycles. The predicted molar refractivity (Wildman–Crippen MR) is 83.1 cm³/mol. The second kappa shape index (κ2) is 6.09. The Morgan fingerprint density at radius 2 is 1.86 bits per heavy atom. The number of benzene rings is 1. The van der Waals surface area contributed by atoms with E-state index in [1.807, 2.05) is 0 Å². The summed E-state index contributed by atoms with van der Waals surface area (Å²) in [6.07, 6.45) is 0. The van der Waals surface area contributed by atoms with Gasteiger partial charge in [0.15, 0.2) is 0 Å². The summed E-state index contributed by atoms with van der Waals surface area (Å²) in [6, 6.07) is 6.26. The molecule has 0 amide bonds. The number of aromatic amines is 1. The van der Waals surface area contributed by atoms with Gasteiger partial charge in [-0.25, -0.2) is 4.39 Å². The zero-order valence-corrected chi connectivity index (χ0v) is 12.8. The Bertz CT molecular complexity index is 656. The molecule has 0 atom stereocenters. The fourth-order valence-electron chi connectivity index (χ4n) is 2.53. The van der Waals surface area contributed by atoms with Crippen LogP contribution >= 0.6 is 11.3 Å². The molecular formula is C15H18FN3OS. The third kappa shape index (κ3) is 3.40. The van der Waals surface area contributed by atoms with Crippen molar-refractivity contribution in [2.75, 3.05) is 33.2 Å². The van der Waals surface area contributed by atoms with Crippen LogP contribution in [0.2, 0.25) is 0 Å². The lowest BCUT2D eigenvalue weighted by molar-refractivity contribution is 0.149. The van der Waals surface area contributed by atoms with Gasteiger partial charge in [-0.15, -0.1) is 0 Å². The minimum Gasteiger partial charge on any atom is -0.312 e. The number of nitrogens with zero attached hydrogens (tertiary/aromatic N) is 2. The summed E-state index contributed by atoms with van der Waals surface area (Å²) in [5.41, 5.74) is 1.68. The molecule has 4 nitrogen and oxygen atoms in total. The van der Waals surface area contributed by atoms with Gasteiger partial charge in [0.25, 0.3) is 0 Å². The van der Waals surface area contributed by atoms with Crippen LogP contribution in [-0.2, 0) is 6.54 Å². The summed E-state index contributed by atoms with van der Waals surface area (Å²) in [6.45, 7) is 4.87. The summed E-state index contributed by atoms with van der Waals surface area (Å²) in [4.78, 5) is 20.2. The normalized spacial score (nSPS) is 17.2. The Kier molecular flexibility index (Phi) is 4.19. The number of likely N-dealkylation sites (N-methyl/N-ethyl adjacent to an activating group) is 1. The van der Waals surface area contributed by atoms with Gasteiger partial charge in [0.05, 0.1) is 5.69 Å². The first kappa shape index (κ1) is 14.4. The van der Waals surface area contributed by atoms with Gasteiger partial charge in [-0.3, -0.25) is 9.69 Å². The number of hydrogen-bond donors (Lipinski definition) is 1. The summed E-state index contributed by atoms with van der Waals surface area (Å²) in [5.74, 6) is -0.267. The molecule has 0 saturated carbocycles. The van der Waals surface area contributed by atoms with E-state index in [9.17, 15) is 9.18 Å². The standard InChI is InChI=1S/C15H18FN3OS/c1-18-6-8-19(9-7-18)10-13-14(17-15(20)21-13)11-2-4-12(16)5-3-11/h2-5H,6-10H2,1H3,(H,17,20). The van der Waals surface area contributed by atoms with E-state index in [-0.39, 0.29) is 10.7 Å². The average Bonchev–Trinajstić information content (AvgIpc) is 2.83. The fraction of sp³-hybridized carbons (Fsp3) is 0.400. The van der Waals surface area contributed by atoms with E-state index in [0.29, 0.717) is 0 Å². The highest BCUT2D eigenvalue weighted by molar-refractivity contribution is 7.09. The first-order valence-corrected chi connectivity index (χ1v) is 7.82. The SMILES string of the molecule is CN1CCN(Cc2sc(=O)[nH]c2-c2ccc(F)cc2)CC1. The molecule has 1 aromatic heterocycles. The van der Waals surface area contributed by atoms with Crippen LogP contribution in [0.15, 0.2) is 29.1 Å². The average molecular weight is 307 g/mol. The molecule has 0 spiro atoms. The number of aromatic nitrogens is 1. The van der Waals surface area contributed by atoms with Crippen LogP contribution in [0, 0.1) is 5.82 Å².